The number of nitrogens with one attached hydrogen (secondary N) is 1. The Balaban J connectivity index is 1.87. The number of ether oxygens (including phenoxy) is 1. The van der Waals surface area contributed by atoms with Crippen LogP contribution in [0.5, 0.6) is 5.88 Å². The van der Waals surface area contributed by atoms with Crippen LogP contribution in [-0.2, 0) is 13.6 Å². The van der Waals surface area contributed by atoms with Crippen molar-refractivity contribution in [1.82, 2.24) is 29.3 Å². The van der Waals surface area contributed by atoms with Crippen LogP contribution in [0.2, 0.25) is 0 Å². The van der Waals surface area contributed by atoms with Crippen LogP contribution < -0.4 is 10.1 Å². The highest BCUT2D eigenvalue weighted by Crippen LogP contribution is 2.35. The summed E-state index contributed by atoms with van der Waals surface area (Å²) in [4.78, 5) is 13.8. The lowest BCUT2D eigenvalue weighted by Gasteiger charge is -2.16. The molecule has 0 saturated carbocycles. The molecule has 31 heavy (non-hydrogen) atoms. The van der Waals surface area contributed by atoms with Gasteiger partial charge in [0.2, 0.25) is 5.88 Å². The number of pyridine rings is 2. The van der Waals surface area contributed by atoms with Crippen molar-refractivity contribution in [2.45, 2.75) is 46.7 Å². The van der Waals surface area contributed by atoms with E-state index >= 15 is 0 Å². The summed E-state index contributed by atoms with van der Waals surface area (Å²) >= 11 is 0. The molecule has 4 aromatic heterocycles. The predicted octanol–water partition coefficient (Wildman–Crippen LogP) is 4.52. The molecule has 0 saturated heterocycles. The summed E-state index contributed by atoms with van der Waals surface area (Å²) in [6, 6.07) is 6.21. The first-order chi connectivity index (χ1) is 15.0. The average Bonchev–Trinajstić information content (AvgIpc) is 3.35. The van der Waals surface area contributed by atoms with Gasteiger partial charge in [0.1, 0.15) is 11.0 Å². The summed E-state index contributed by atoms with van der Waals surface area (Å²) in [6.07, 6.45) is 6.54. The molecule has 1 N–H and O–H groups in total. The van der Waals surface area contributed by atoms with Crippen LogP contribution >= 0.6 is 0 Å². The third-order valence-corrected chi connectivity index (χ3v) is 5.38. The van der Waals surface area contributed by atoms with E-state index in [-0.39, 0.29) is 6.04 Å². The van der Waals surface area contributed by atoms with E-state index < -0.39 is 0 Å². The van der Waals surface area contributed by atoms with Crippen LogP contribution in [0.3, 0.4) is 0 Å². The fraction of sp³-hybridized carbons (Fsp3) is 0.391. The number of anilines is 1. The number of aryl methyl sites for hydroxylation is 2. The van der Waals surface area contributed by atoms with Crippen LogP contribution in [0.4, 0.5) is 5.69 Å². The number of hydrogen-bond acceptors (Lipinski definition) is 6. The number of imidazole rings is 1. The van der Waals surface area contributed by atoms with Gasteiger partial charge in [-0.2, -0.15) is 5.10 Å². The summed E-state index contributed by atoms with van der Waals surface area (Å²) < 4.78 is 9.79. The van der Waals surface area contributed by atoms with E-state index in [0.29, 0.717) is 19.0 Å². The SMILES string of the molecule is CCOc1ncccc1-c1cc(NCc2cn(C)cn2)c2c(n1)c(C)nn2[C@@H](C)CC. The van der Waals surface area contributed by atoms with E-state index in [4.69, 9.17) is 14.8 Å². The summed E-state index contributed by atoms with van der Waals surface area (Å²) in [7, 11) is 1.97. The van der Waals surface area contributed by atoms with Gasteiger partial charge in [-0.25, -0.2) is 15.0 Å². The smallest absolute Gasteiger partial charge is 0.222 e. The topological polar surface area (TPSA) is 82.7 Å². The minimum Gasteiger partial charge on any atom is -0.477 e. The molecule has 0 aliphatic rings. The molecule has 0 fully saturated rings. The van der Waals surface area contributed by atoms with Crippen molar-refractivity contribution in [3.63, 3.8) is 0 Å². The van der Waals surface area contributed by atoms with Crippen LogP contribution in [0, 0.1) is 6.92 Å². The molecule has 1 atom stereocenters. The molecule has 0 aliphatic carbocycles. The van der Waals surface area contributed by atoms with Gasteiger partial charge in [0.25, 0.3) is 0 Å². The Hall–Kier alpha value is -3.42. The second kappa shape index (κ2) is 8.75. The summed E-state index contributed by atoms with van der Waals surface area (Å²) in [5, 5.41) is 8.40. The first-order valence-corrected chi connectivity index (χ1v) is 10.7. The van der Waals surface area contributed by atoms with Gasteiger partial charge < -0.3 is 14.6 Å². The Bertz CT molecular complexity index is 1190. The van der Waals surface area contributed by atoms with Crippen molar-refractivity contribution < 1.29 is 4.74 Å². The van der Waals surface area contributed by atoms with E-state index in [9.17, 15) is 0 Å². The molecule has 0 radical (unpaired) electrons. The zero-order valence-corrected chi connectivity index (χ0v) is 18.8. The molecule has 0 unspecified atom stereocenters. The van der Waals surface area contributed by atoms with Crippen molar-refractivity contribution >= 4 is 16.7 Å². The Morgan fingerprint density at radius 1 is 1.23 bits per heavy atom. The molecular formula is C23H29N7O. The number of aromatic nitrogens is 6. The second-order valence-electron chi connectivity index (χ2n) is 7.71. The quantitative estimate of drug-likeness (QED) is 0.452. The van der Waals surface area contributed by atoms with E-state index in [2.05, 4.69) is 39.9 Å². The van der Waals surface area contributed by atoms with Crippen molar-refractivity contribution in [2.24, 2.45) is 7.05 Å². The average molecular weight is 420 g/mol. The molecule has 0 spiro atoms. The highest BCUT2D eigenvalue weighted by molar-refractivity contribution is 5.93. The Morgan fingerprint density at radius 3 is 2.77 bits per heavy atom. The van der Waals surface area contributed by atoms with Crippen molar-refractivity contribution in [3.05, 3.63) is 48.3 Å². The van der Waals surface area contributed by atoms with Crippen LogP contribution in [0.25, 0.3) is 22.3 Å². The molecule has 162 valence electrons. The number of rotatable bonds is 8. The Labute approximate surface area is 182 Å². The first-order valence-electron chi connectivity index (χ1n) is 10.7. The Morgan fingerprint density at radius 2 is 2.06 bits per heavy atom. The minimum absolute atomic E-state index is 0.261. The maximum atomic E-state index is 5.76. The molecule has 4 rings (SSSR count). The van der Waals surface area contributed by atoms with Crippen LogP contribution in [0.1, 0.15) is 44.6 Å². The van der Waals surface area contributed by atoms with Gasteiger partial charge in [-0.1, -0.05) is 6.92 Å². The normalized spacial score (nSPS) is 12.3. The second-order valence-corrected chi connectivity index (χ2v) is 7.71. The number of hydrogen-bond donors (Lipinski definition) is 1. The monoisotopic (exact) mass is 419 g/mol. The predicted molar refractivity (Wildman–Crippen MR) is 122 cm³/mol. The van der Waals surface area contributed by atoms with Gasteiger partial charge in [-0.05, 0) is 45.4 Å². The molecule has 0 aliphatic heterocycles. The maximum absolute atomic E-state index is 5.76. The fourth-order valence-corrected chi connectivity index (χ4v) is 3.63. The zero-order chi connectivity index (χ0) is 22.0. The van der Waals surface area contributed by atoms with Crippen molar-refractivity contribution in [2.75, 3.05) is 11.9 Å². The van der Waals surface area contributed by atoms with Gasteiger partial charge in [0.15, 0.2) is 0 Å². The molecule has 0 amide bonds. The standard InChI is InChI=1S/C23H29N7O/c1-6-15(3)30-22-20(25-12-17-13-29(5)14-26-17)11-19(27-21(22)16(4)28-30)18-9-8-10-24-23(18)31-7-2/h8-11,13-15H,6-7,12H2,1-5H3,(H,25,27)/t15-/m0/s1. The molecule has 8 heteroatoms. The summed E-state index contributed by atoms with van der Waals surface area (Å²) in [5.74, 6) is 0.583. The number of nitrogens with zero attached hydrogens (tertiary/aromatic N) is 6. The maximum Gasteiger partial charge on any atom is 0.222 e. The van der Waals surface area contributed by atoms with E-state index in [1.807, 2.05) is 50.1 Å². The zero-order valence-electron chi connectivity index (χ0n) is 18.8. The van der Waals surface area contributed by atoms with Crippen LogP contribution in [0.15, 0.2) is 36.9 Å². The molecule has 8 nitrogen and oxygen atoms in total. The molecule has 4 aromatic rings. The van der Waals surface area contributed by atoms with Gasteiger partial charge in [0.05, 0.1) is 47.8 Å². The lowest BCUT2D eigenvalue weighted by atomic mass is 10.1. The third kappa shape index (κ3) is 4.10. The molecular weight excluding hydrogens is 390 g/mol. The lowest BCUT2D eigenvalue weighted by Crippen LogP contribution is -2.09. The van der Waals surface area contributed by atoms with E-state index in [0.717, 1.165) is 45.8 Å². The highest BCUT2D eigenvalue weighted by atomic mass is 16.5. The van der Waals surface area contributed by atoms with E-state index in [1.54, 1.807) is 6.20 Å². The Kier molecular flexibility index (Phi) is 5.88. The van der Waals surface area contributed by atoms with Crippen LogP contribution in [-0.4, -0.2) is 35.9 Å². The molecule has 4 heterocycles. The minimum atomic E-state index is 0.261. The third-order valence-electron chi connectivity index (χ3n) is 5.38. The molecule has 0 aromatic carbocycles. The largest absolute Gasteiger partial charge is 0.477 e. The van der Waals surface area contributed by atoms with E-state index in [1.165, 1.54) is 0 Å². The lowest BCUT2D eigenvalue weighted by molar-refractivity contribution is 0.328. The first kappa shape index (κ1) is 20.8. The highest BCUT2D eigenvalue weighted by Gasteiger charge is 2.20. The van der Waals surface area contributed by atoms with Crippen molar-refractivity contribution in [3.8, 4) is 17.1 Å². The summed E-state index contributed by atoms with van der Waals surface area (Å²) in [6.45, 7) is 9.46. The fourth-order valence-electron chi connectivity index (χ4n) is 3.63. The summed E-state index contributed by atoms with van der Waals surface area (Å²) in [5.41, 5.74) is 6.40. The van der Waals surface area contributed by atoms with Gasteiger partial charge in [0, 0.05) is 25.5 Å². The van der Waals surface area contributed by atoms with Gasteiger partial charge in [-0.3, -0.25) is 4.68 Å². The van der Waals surface area contributed by atoms with Gasteiger partial charge >= 0.3 is 0 Å². The molecule has 0 bridgehead atoms. The number of fused-ring (bicyclic) bond motifs is 1. The van der Waals surface area contributed by atoms with Gasteiger partial charge in [-0.15, -0.1) is 0 Å². The van der Waals surface area contributed by atoms with Crippen molar-refractivity contribution in [1.29, 1.82) is 0 Å².